The van der Waals surface area contributed by atoms with Gasteiger partial charge in [0.2, 0.25) is 0 Å². The van der Waals surface area contributed by atoms with Crippen LogP contribution in [0.4, 0.5) is 0 Å². The molecule has 0 aromatic carbocycles. The number of aliphatic imine (C=N–C) groups is 1. The summed E-state index contributed by atoms with van der Waals surface area (Å²) in [5.74, 6) is 1.95. The van der Waals surface area contributed by atoms with E-state index < -0.39 is 0 Å². The molecule has 2 aliphatic rings. The van der Waals surface area contributed by atoms with E-state index in [1.165, 1.54) is 38.5 Å². The van der Waals surface area contributed by atoms with Gasteiger partial charge in [-0.25, -0.2) is 4.99 Å². The molecule has 1 aliphatic heterocycles. The highest BCUT2D eigenvalue weighted by Gasteiger charge is 2.38. The van der Waals surface area contributed by atoms with Crippen LogP contribution >= 0.6 is 11.8 Å². The summed E-state index contributed by atoms with van der Waals surface area (Å²) >= 11 is 1.71. The molecule has 0 aromatic heterocycles. The lowest BCUT2D eigenvalue weighted by atomic mass is 9.81. The third-order valence-corrected chi connectivity index (χ3v) is 6.28. The molecule has 1 amide bonds. The summed E-state index contributed by atoms with van der Waals surface area (Å²) in [6.45, 7) is 6.48. The van der Waals surface area contributed by atoms with Gasteiger partial charge < -0.3 is 0 Å². The number of amides is 1. The normalized spacial score (nSPS) is 35.5. The minimum atomic E-state index is -0.268. The van der Waals surface area contributed by atoms with Crippen molar-refractivity contribution in [1.29, 1.82) is 0 Å². The Morgan fingerprint density at radius 3 is 2.58 bits per heavy atom. The van der Waals surface area contributed by atoms with Crippen LogP contribution in [0.15, 0.2) is 4.99 Å². The first kappa shape index (κ1) is 15.1. The van der Waals surface area contributed by atoms with Crippen LogP contribution in [-0.4, -0.2) is 15.7 Å². The second-order valence-corrected chi connectivity index (χ2v) is 8.09. The zero-order valence-electron chi connectivity index (χ0n) is 12.6. The summed E-state index contributed by atoms with van der Waals surface area (Å²) in [5, 5.41) is 1.08. The lowest BCUT2D eigenvalue weighted by Crippen LogP contribution is -2.25. The van der Waals surface area contributed by atoms with E-state index in [4.69, 9.17) is 0 Å². The summed E-state index contributed by atoms with van der Waals surface area (Å²) in [7, 11) is 0. The average Bonchev–Trinajstić information content (AvgIpc) is 2.68. The van der Waals surface area contributed by atoms with E-state index in [0.29, 0.717) is 0 Å². The van der Waals surface area contributed by atoms with Crippen LogP contribution in [0, 0.1) is 11.8 Å². The number of thioether (sulfide) groups is 1. The monoisotopic (exact) mass is 281 g/mol. The quantitative estimate of drug-likeness (QED) is 0.722. The van der Waals surface area contributed by atoms with Crippen molar-refractivity contribution in [2.75, 3.05) is 0 Å². The predicted octanol–water partition coefficient (Wildman–Crippen LogP) is 4.82. The van der Waals surface area contributed by atoms with Crippen LogP contribution in [0.25, 0.3) is 0 Å². The summed E-state index contributed by atoms with van der Waals surface area (Å²) in [6, 6.07) is 0. The molecule has 0 radical (unpaired) electrons. The maximum atomic E-state index is 11.8. The molecule has 1 aliphatic carbocycles. The minimum absolute atomic E-state index is 0.0847. The van der Waals surface area contributed by atoms with Gasteiger partial charge >= 0.3 is 0 Å². The van der Waals surface area contributed by atoms with Crippen LogP contribution < -0.4 is 0 Å². The van der Waals surface area contributed by atoms with Crippen molar-refractivity contribution in [3.05, 3.63) is 0 Å². The van der Waals surface area contributed by atoms with Crippen molar-refractivity contribution in [1.82, 2.24) is 0 Å². The van der Waals surface area contributed by atoms with Crippen molar-refractivity contribution < 1.29 is 4.79 Å². The molecular weight excluding hydrogens is 254 g/mol. The van der Waals surface area contributed by atoms with Crippen molar-refractivity contribution in [3.8, 4) is 0 Å². The first-order valence-electron chi connectivity index (χ1n) is 7.84. The van der Waals surface area contributed by atoms with Crippen molar-refractivity contribution >= 4 is 22.7 Å². The topological polar surface area (TPSA) is 29.4 Å². The molecule has 1 unspecified atom stereocenters. The van der Waals surface area contributed by atoms with E-state index in [1.807, 2.05) is 6.92 Å². The molecule has 0 bridgehead atoms. The maximum Gasteiger partial charge on any atom is 0.262 e. The van der Waals surface area contributed by atoms with Gasteiger partial charge in [-0.15, -0.1) is 0 Å². The van der Waals surface area contributed by atoms with Gasteiger partial charge in [-0.1, -0.05) is 57.7 Å². The number of rotatable bonds is 5. The Balaban J connectivity index is 1.70. The van der Waals surface area contributed by atoms with Crippen molar-refractivity contribution in [2.45, 2.75) is 76.9 Å². The van der Waals surface area contributed by atoms with Gasteiger partial charge in [0, 0.05) is 0 Å². The molecule has 0 spiro atoms. The van der Waals surface area contributed by atoms with Crippen LogP contribution in [0.5, 0.6) is 0 Å². The fraction of sp³-hybridized carbons (Fsp3) is 0.875. The number of carbonyl (C=O) groups is 1. The minimum Gasteiger partial charge on any atom is -0.271 e. The highest BCUT2D eigenvalue weighted by atomic mass is 32.2. The van der Waals surface area contributed by atoms with Gasteiger partial charge in [-0.3, -0.25) is 4.79 Å². The summed E-state index contributed by atoms with van der Waals surface area (Å²) in [5.41, 5.74) is 0. The molecule has 3 heteroatoms. The molecule has 2 nitrogen and oxygen atoms in total. The van der Waals surface area contributed by atoms with Crippen molar-refractivity contribution in [2.24, 2.45) is 16.8 Å². The number of nitrogens with zero attached hydrogens (tertiary/aromatic N) is 1. The van der Waals surface area contributed by atoms with E-state index in [9.17, 15) is 4.79 Å². The summed E-state index contributed by atoms with van der Waals surface area (Å²) in [4.78, 5) is 16.1. The molecule has 1 saturated carbocycles. The lowest BCUT2D eigenvalue weighted by molar-refractivity contribution is -0.119. The molecule has 19 heavy (non-hydrogen) atoms. The van der Waals surface area contributed by atoms with Gasteiger partial charge in [0.05, 0.1) is 9.79 Å². The van der Waals surface area contributed by atoms with Gasteiger partial charge in [0.25, 0.3) is 5.91 Å². The third-order valence-electron chi connectivity index (χ3n) is 4.83. The Morgan fingerprint density at radius 2 is 2.00 bits per heavy atom. The molecule has 0 aromatic rings. The van der Waals surface area contributed by atoms with E-state index in [1.54, 1.807) is 11.8 Å². The predicted molar refractivity (Wildman–Crippen MR) is 83.7 cm³/mol. The SMILES string of the molecule is CCC1(C)SC(CCCC2CCC(C)CC2)=NC1=O. The first-order valence-corrected chi connectivity index (χ1v) is 8.66. The zero-order valence-corrected chi connectivity index (χ0v) is 13.4. The second kappa shape index (κ2) is 6.43. The Labute approximate surface area is 121 Å². The Kier molecular flexibility index (Phi) is 5.10. The largest absolute Gasteiger partial charge is 0.271 e. The average molecular weight is 281 g/mol. The number of hydrogen-bond acceptors (Lipinski definition) is 2. The Morgan fingerprint density at radius 1 is 1.32 bits per heavy atom. The van der Waals surface area contributed by atoms with Crippen LogP contribution in [0.1, 0.15) is 72.1 Å². The standard InChI is InChI=1S/C16H27NOS/c1-4-16(3)15(18)17-14(19-16)7-5-6-13-10-8-12(2)9-11-13/h12-13H,4-11H2,1-3H3. The van der Waals surface area contributed by atoms with Crippen LogP contribution in [-0.2, 0) is 4.79 Å². The fourth-order valence-corrected chi connectivity index (χ4v) is 4.22. The van der Waals surface area contributed by atoms with Crippen LogP contribution in [0.2, 0.25) is 0 Å². The van der Waals surface area contributed by atoms with Gasteiger partial charge in [-0.05, 0) is 38.0 Å². The van der Waals surface area contributed by atoms with Gasteiger partial charge in [-0.2, -0.15) is 0 Å². The maximum absolute atomic E-state index is 11.8. The van der Waals surface area contributed by atoms with Crippen molar-refractivity contribution in [3.63, 3.8) is 0 Å². The molecule has 0 saturated heterocycles. The number of hydrogen-bond donors (Lipinski definition) is 0. The summed E-state index contributed by atoms with van der Waals surface area (Å²) < 4.78 is -0.268. The van der Waals surface area contributed by atoms with Gasteiger partial charge in [0.15, 0.2) is 0 Å². The highest BCUT2D eigenvalue weighted by molar-refractivity contribution is 8.16. The van der Waals surface area contributed by atoms with E-state index >= 15 is 0 Å². The fourth-order valence-electron chi connectivity index (χ4n) is 3.05. The zero-order chi connectivity index (χ0) is 13.9. The number of carbonyl (C=O) groups excluding carboxylic acids is 1. The highest BCUT2D eigenvalue weighted by Crippen LogP contribution is 2.38. The first-order chi connectivity index (χ1) is 9.03. The lowest BCUT2D eigenvalue weighted by Gasteiger charge is -2.26. The molecule has 108 valence electrons. The van der Waals surface area contributed by atoms with E-state index in [2.05, 4.69) is 18.8 Å². The molecule has 0 N–H and O–H groups in total. The van der Waals surface area contributed by atoms with Crippen LogP contribution in [0.3, 0.4) is 0 Å². The Hall–Kier alpha value is -0.310. The second-order valence-electron chi connectivity index (χ2n) is 6.52. The third kappa shape index (κ3) is 3.84. The molecule has 1 heterocycles. The Bertz CT molecular complexity index is 358. The van der Waals surface area contributed by atoms with Gasteiger partial charge in [0.1, 0.15) is 0 Å². The van der Waals surface area contributed by atoms with E-state index in [-0.39, 0.29) is 10.7 Å². The van der Waals surface area contributed by atoms with E-state index in [0.717, 1.165) is 29.7 Å². The molecular formula is C16H27NOS. The molecule has 1 fully saturated rings. The molecule has 1 atom stereocenters. The summed E-state index contributed by atoms with van der Waals surface area (Å²) in [6.07, 6.45) is 10.1. The smallest absolute Gasteiger partial charge is 0.262 e. The molecule has 2 rings (SSSR count).